The highest BCUT2D eigenvalue weighted by molar-refractivity contribution is 5.95. The third kappa shape index (κ3) is 5.18. The molecule has 4 rings (SSSR count). The molecule has 2 aromatic carbocycles. The third-order valence-corrected chi connectivity index (χ3v) is 5.14. The Morgan fingerprint density at radius 3 is 2.38 bits per heavy atom. The van der Waals surface area contributed by atoms with Gasteiger partial charge in [0.15, 0.2) is 11.6 Å². The molecular formula is C25H22FN3O3. The van der Waals surface area contributed by atoms with Crippen LogP contribution in [0.4, 0.5) is 4.39 Å². The quantitative estimate of drug-likeness (QED) is 0.573. The number of piperazine rings is 1. The maximum atomic E-state index is 14.4. The predicted octanol–water partition coefficient (Wildman–Crippen LogP) is 4.01. The van der Waals surface area contributed by atoms with E-state index in [1.807, 2.05) is 18.2 Å². The number of benzene rings is 2. The van der Waals surface area contributed by atoms with E-state index in [-0.39, 0.29) is 17.6 Å². The lowest BCUT2D eigenvalue weighted by molar-refractivity contribution is -0.127. The summed E-state index contributed by atoms with van der Waals surface area (Å²) in [6.07, 6.45) is 6.10. The second-order valence-corrected chi connectivity index (χ2v) is 7.30. The predicted molar refractivity (Wildman–Crippen MR) is 119 cm³/mol. The van der Waals surface area contributed by atoms with Crippen LogP contribution in [0.2, 0.25) is 0 Å². The number of ether oxygens (including phenoxy) is 1. The van der Waals surface area contributed by atoms with Crippen LogP contribution >= 0.6 is 0 Å². The molecule has 7 heteroatoms. The van der Waals surface area contributed by atoms with Gasteiger partial charge in [-0.3, -0.25) is 14.6 Å². The molecule has 1 aliphatic heterocycles. The van der Waals surface area contributed by atoms with Gasteiger partial charge in [0.2, 0.25) is 5.91 Å². The zero-order valence-corrected chi connectivity index (χ0v) is 17.4. The molecule has 1 saturated heterocycles. The van der Waals surface area contributed by atoms with Gasteiger partial charge in [0.1, 0.15) is 5.75 Å². The van der Waals surface area contributed by atoms with Gasteiger partial charge in [0, 0.05) is 44.0 Å². The van der Waals surface area contributed by atoms with E-state index >= 15 is 0 Å². The number of amides is 2. The van der Waals surface area contributed by atoms with Gasteiger partial charge in [-0.15, -0.1) is 0 Å². The second-order valence-electron chi connectivity index (χ2n) is 7.30. The van der Waals surface area contributed by atoms with Crippen LogP contribution in [-0.4, -0.2) is 52.8 Å². The first-order chi connectivity index (χ1) is 15.6. The number of halogens is 1. The minimum absolute atomic E-state index is 0.0303. The van der Waals surface area contributed by atoms with E-state index in [1.54, 1.807) is 52.4 Å². The van der Waals surface area contributed by atoms with Crippen LogP contribution in [0, 0.1) is 5.82 Å². The largest absolute Gasteiger partial charge is 0.453 e. The summed E-state index contributed by atoms with van der Waals surface area (Å²) in [4.78, 5) is 32.4. The number of aromatic nitrogens is 1. The first kappa shape index (κ1) is 21.2. The smallest absolute Gasteiger partial charge is 0.253 e. The van der Waals surface area contributed by atoms with E-state index in [2.05, 4.69) is 4.98 Å². The van der Waals surface area contributed by atoms with Crippen molar-refractivity contribution in [1.29, 1.82) is 0 Å². The van der Waals surface area contributed by atoms with Crippen LogP contribution in [0.3, 0.4) is 0 Å². The molecule has 0 unspecified atom stereocenters. The van der Waals surface area contributed by atoms with Gasteiger partial charge < -0.3 is 14.5 Å². The maximum Gasteiger partial charge on any atom is 0.253 e. The summed E-state index contributed by atoms with van der Waals surface area (Å²) in [5, 5.41) is 0. The molecule has 0 atom stereocenters. The standard InChI is InChI=1S/C25H22FN3O3/c26-22-17-19(8-10-23(22)32-21-7-4-12-27-18-21)9-11-24(30)28-13-15-29(16-14-28)25(31)20-5-2-1-3-6-20/h1-12,17-18H,13-16H2/b11-9+. The number of nitrogens with zero attached hydrogens (tertiary/aromatic N) is 3. The average molecular weight is 431 g/mol. The monoisotopic (exact) mass is 431 g/mol. The van der Waals surface area contributed by atoms with Crippen molar-refractivity contribution in [2.24, 2.45) is 0 Å². The van der Waals surface area contributed by atoms with Crippen molar-refractivity contribution in [3.8, 4) is 11.5 Å². The topological polar surface area (TPSA) is 62.7 Å². The summed E-state index contributed by atoms with van der Waals surface area (Å²) >= 11 is 0. The Morgan fingerprint density at radius 2 is 1.69 bits per heavy atom. The van der Waals surface area contributed by atoms with Crippen LogP contribution in [0.15, 0.2) is 79.1 Å². The summed E-state index contributed by atoms with van der Waals surface area (Å²) < 4.78 is 19.8. The van der Waals surface area contributed by atoms with Gasteiger partial charge in [-0.25, -0.2) is 4.39 Å². The van der Waals surface area contributed by atoms with Gasteiger partial charge in [0.05, 0.1) is 6.20 Å². The minimum atomic E-state index is -0.531. The van der Waals surface area contributed by atoms with Crippen molar-refractivity contribution in [1.82, 2.24) is 14.8 Å². The molecule has 0 spiro atoms. The number of hydrogen-bond donors (Lipinski definition) is 0. The molecule has 0 N–H and O–H groups in total. The first-order valence-corrected chi connectivity index (χ1v) is 10.3. The fourth-order valence-electron chi connectivity index (χ4n) is 3.40. The lowest BCUT2D eigenvalue weighted by Gasteiger charge is -2.34. The summed E-state index contributed by atoms with van der Waals surface area (Å²) in [7, 11) is 0. The molecular weight excluding hydrogens is 409 g/mol. The molecule has 1 aliphatic rings. The Hall–Kier alpha value is -4.00. The van der Waals surface area contributed by atoms with Crippen molar-refractivity contribution in [3.63, 3.8) is 0 Å². The minimum Gasteiger partial charge on any atom is -0.453 e. The second kappa shape index (κ2) is 9.87. The van der Waals surface area contributed by atoms with Crippen molar-refractivity contribution >= 4 is 17.9 Å². The fourth-order valence-corrected chi connectivity index (χ4v) is 3.40. The zero-order chi connectivity index (χ0) is 22.3. The van der Waals surface area contributed by atoms with E-state index in [0.717, 1.165) is 0 Å². The Balaban J connectivity index is 1.32. The van der Waals surface area contributed by atoms with E-state index in [4.69, 9.17) is 4.74 Å². The molecule has 1 aromatic heterocycles. The van der Waals surface area contributed by atoms with Gasteiger partial charge in [-0.1, -0.05) is 24.3 Å². The van der Waals surface area contributed by atoms with E-state index in [1.165, 1.54) is 24.4 Å². The average Bonchev–Trinajstić information content (AvgIpc) is 2.85. The molecule has 1 fully saturated rings. The van der Waals surface area contributed by atoms with Gasteiger partial charge in [0.25, 0.3) is 5.91 Å². The SMILES string of the molecule is O=C(/C=C/c1ccc(Oc2cccnc2)c(F)c1)N1CCN(C(=O)c2ccccc2)CC1. The van der Waals surface area contributed by atoms with Gasteiger partial charge in [-0.05, 0) is 48.0 Å². The number of pyridine rings is 1. The van der Waals surface area contributed by atoms with Crippen molar-refractivity contribution in [3.05, 3.63) is 96.1 Å². The number of carbonyl (C=O) groups is 2. The number of rotatable bonds is 5. The molecule has 162 valence electrons. The maximum absolute atomic E-state index is 14.4. The molecule has 32 heavy (non-hydrogen) atoms. The van der Waals surface area contributed by atoms with Crippen LogP contribution in [0.5, 0.6) is 11.5 Å². The van der Waals surface area contributed by atoms with Crippen molar-refractivity contribution in [2.75, 3.05) is 26.2 Å². The summed E-state index contributed by atoms with van der Waals surface area (Å²) in [6.45, 7) is 1.85. The first-order valence-electron chi connectivity index (χ1n) is 10.3. The van der Waals surface area contributed by atoms with Crippen LogP contribution in [0.25, 0.3) is 6.08 Å². The van der Waals surface area contributed by atoms with Gasteiger partial charge >= 0.3 is 0 Å². The molecule has 0 bridgehead atoms. The molecule has 0 saturated carbocycles. The highest BCUT2D eigenvalue weighted by Crippen LogP contribution is 2.25. The Bertz CT molecular complexity index is 1110. The van der Waals surface area contributed by atoms with Crippen molar-refractivity contribution in [2.45, 2.75) is 0 Å². The molecule has 2 heterocycles. The van der Waals surface area contributed by atoms with E-state index < -0.39 is 5.82 Å². The number of hydrogen-bond acceptors (Lipinski definition) is 4. The third-order valence-electron chi connectivity index (χ3n) is 5.14. The Kier molecular flexibility index (Phi) is 6.55. The number of carbonyl (C=O) groups excluding carboxylic acids is 2. The van der Waals surface area contributed by atoms with Crippen molar-refractivity contribution < 1.29 is 18.7 Å². The normalized spacial score (nSPS) is 13.9. The van der Waals surface area contributed by atoms with E-state index in [9.17, 15) is 14.0 Å². The molecule has 0 aliphatic carbocycles. The van der Waals surface area contributed by atoms with Crippen LogP contribution < -0.4 is 4.74 Å². The molecule has 0 radical (unpaired) electrons. The highest BCUT2D eigenvalue weighted by atomic mass is 19.1. The van der Waals surface area contributed by atoms with Crippen LogP contribution in [-0.2, 0) is 4.79 Å². The summed E-state index contributed by atoms with van der Waals surface area (Å²) in [5.74, 6) is -0.211. The fraction of sp³-hybridized carbons (Fsp3) is 0.160. The van der Waals surface area contributed by atoms with Crippen LogP contribution in [0.1, 0.15) is 15.9 Å². The lowest BCUT2D eigenvalue weighted by Crippen LogP contribution is -2.50. The zero-order valence-electron chi connectivity index (χ0n) is 17.4. The summed E-state index contributed by atoms with van der Waals surface area (Å²) in [6, 6.07) is 17.0. The summed E-state index contributed by atoms with van der Waals surface area (Å²) in [5.41, 5.74) is 1.19. The molecule has 2 amide bonds. The lowest BCUT2D eigenvalue weighted by atomic mass is 10.1. The molecule has 6 nitrogen and oxygen atoms in total. The van der Waals surface area contributed by atoms with E-state index in [0.29, 0.717) is 43.1 Å². The highest BCUT2D eigenvalue weighted by Gasteiger charge is 2.23. The molecule has 3 aromatic rings. The Morgan fingerprint density at radius 1 is 0.938 bits per heavy atom. The van der Waals surface area contributed by atoms with Gasteiger partial charge in [-0.2, -0.15) is 0 Å². The Labute approximate surface area is 185 Å².